The lowest BCUT2D eigenvalue weighted by molar-refractivity contribution is -0.277. The Labute approximate surface area is 165 Å². The van der Waals surface area contributed by atoms with Crippen LogP contribution in [0.3, 0.4) is 0 Å². The molecular weight excluding hydrogens is 338 g/mol. The van der Waals surface area contributed by atoms with Crippen LogP contribution in [0.15, 0.2) is 0 Å². The van der Waals surface area contributed by atoms with Crippen LogP contribution in [-0.4, -0.2) is 56.7 Å². The second-order valence-electron chi connectivity index (χ2n) is 10.6. The average Bonchev–Trinajstić information content (AvgIpc) is 3.04. The van der Waals surface area contributed by atoms with Crippen molar-refractivity contribution in [2.75, 3.05) is 33.4 Å². The quantitative estimate of drug-likeness (QED) is 0.693. The van der Waals surface area contributed by atoms with Crippen LogP contribution in [0, 0.1) is 22.7 Å². The van der Waals surface area contributed by atoms with Crippen molar-refractivity contribution in [1.82, 2.24) is 4.90 Å². The van der Waals surface area contributed by atoms with Crippen molar-refractivity contribution in [3.63, 3.8) is 0 Å². The molecular formula is C23H39NO3. The Morgan fingerprint density at radius 2 is 2.00 bits per heavy atom. The first-order valence-electron chi connectivity index (χ1n) is 11.7. The summed E-state index contributed by atoms with van der Waals surface area (Å²) >= 11 is 0. The molecule has 0 aromatic heterocycles. The Balaban J connectivity index is 1.13. The van der Waals surface area contributed by atoms with E-state index in [2.05, 4.69) is 11.8 Å². The molecule has 4 nitrogen and oxygen atoms in total. The molecule has 6 atom stereocenters. The van der Waals surface area contributed by atoms with Crippen LogP contribution in [0.4, 0.5) is 0 Å². The zero-order valence-corrected chi connectivity index (χ0v) is 17.5. The third-order valence-electron chi connectivity index (χ3n) is 8.96. The summed E-state index contributed by atoms with van der Waals surface area (Å²) in [7, 11) is 1.85. The van der Waals surface area contributed by atoms with E-state index >= 15 is 0 Å². The molecule has 5 aliphatic rings. The van der Waals surface area contributed by atoms with E-state index in [4.69, 9.17) is 14.2 Å². The van der Waals surface area contributed by atoms with E-state index in [1.807, 2.05) is 7.11 Å². The lowest BCUT2D eigenvalue weighted by atomic mass is 9.67. The molecule has 0 bridgehead atoms. The Kier molecular flexibility index (Phi) is 5.07. The molecule has 27 heavy (non-hydrogen) atoms. The fraction of sp³-hybridized carbons (Fsp3) is 1.00. The van der Waals surface area contributed by atoms with Crippen LogP contribution in [-0.2, 0) is 14.2 Å². The lowest BCUT2D eigenvalue weighted by Gasteiger charge is -2.47. The van der Waals surface area contributed by atoms with Gasteiger partial charge in [-0.25, -0.2) is 0 Å². The van der Waals surface area contributed by atoms with Crippen LogP contribution in [0.1, 0.15) is 71.1 Å². The van der Waals surface area contributed by atoms with Gasteiger partial charge in [-0.05, 0) is 69.2 Å². The summed E-state index contributed by atoms with van der Waals surface area (Å²) in [6.45, 7) is 7.13. The van der Waals surface area contributed by atoms with Gasteiger partial charge in [0.2, 0.25) is 0 Å². The van der Waals surface area contributed by atoms with Gasteiger partial charge in [0.15, 0.2) is 6.29 Å². The summed E-state index contributed by atoms with van der Waals surface area (Å²) < 4.78 is 18.4. The van der Waals surface area contributed by atoms with Gasteiger partial charge >= 0.3 is 0 Å². The van der Waals surface area contributed by atoms with Gasteiger partial charge in [0, 0.05) is 31.5 Å². The van der Waals surface area contributed by atoms with E-state index in [-0.39, 0.29) is 6.29 Å². The van der Waals surface area contributed by atoms with Gasteiger partial charge in [-0.1, -0.05) is 19.8 Å². The van der Waals surface area contributed by atoms with Gasteiger partial charge < -0.3 is 19.1 Å². The van der Waals surface area contributed by atoms with E-state index in [1.54, 1.807) is 0 Å². The predicted molar refractivity (Wildman–Crippen MR) is 106 cm³/mol. The van der Waals surface area contributed by atoms with Crippen LogP contribution < -0.4 is 0 Å². The van der Waals surface area contributed by atoms with E-state index < -0.39 is 0 Å². The SMILES string of the molecule is COC1CCN(CCC[C@]2(C)CC[C@H]3O[C@H](C4CCCC4)OC[C@]34CC24)C1. The minimum atomic E-state index is 0.109. The Morgan fingerprint density at radius 3 is 2.78 bits per heavy atom. The molecule has 2 heterocycles. The number of nitrogens with zero attached hydrogens (tertiary/aromatic N) is 1. The Hall–Kier alpha value is -0.160. The topological polar surface area (TPSA) is 30.9 Å². The zero-order valence-electron chi connectivity index (χ0n) is 17.5. The maximum atomic E-state index is 6.58. The average molecular weight is 378 g/mol. The summed E-state index contributed by atoms with van der Waals surface area (Å²) in [6.07, 6.45) is 14.3. The molecule has 2 saturated heterocycles. The van der Waals surface area contributed by atoms with Crippen LogP contribution in [0.5, 0.6) is 0 Å². The summed E-state index contributed by atoms with van der Waals surface area (Å²) in [5, 5.41) is 0. The number of methoxy groups -OCH3 is 1. The zero-order chi connectivity index (χ0) is 18.5. The van der Waals surface area contributed by atoms with Gasteiger partial charge in [0.1, 0.15) is 0 Å². The molecule has 5 fully saturated rings. The van der Waals surface area contributed by atoms with Crippen LogP contribution in [0.2, 0.25) is 0 Å². The number of hydrogen-bond donors (Lipinski definition) is 0. The molecule has 154 valence electrons. The molecule has 3 aliphatic carbocycles. The number of rotatable bonds is 6. The van der Waals surface area contributed by atoms with Crippen LogP contribution >= 0.6 is 0 Å². The summed E-state index contributed by atoms with van der Waals surface area (Å²) in [4.78, 5) is 2.60. The first-order valence-corrected chi connectivity index (χ1v) is 11.7. The maximum absolute atomic E-state index is 6.58. The van der Waals surface area contributed by atoms with Gasteiger partial charge in [-0.2, -0.15) is 0 Å². The summed E-state index contributed by atoms with van der Waals surface area (Å²) in [6, 6.07) is 0. The van der Waals surface area contributed by atoms with E-state index in [0.717, 1.165) is 19.1 Å². The molecule has 4 heteroatoms. The van der Waals surface area contributed by atoms with Gasteiger partial charge in [-0.15, -0.1) is 0 Å². The highest BCUT2D eigenvalue weighted by molar-refractivity contribution is 5.17. The highest BCUT2D eigenvalue weighted by Gasteiger charge is 2.69. The largest absolute Gasteiger partial charge is 0.380 e. The molecule has 2 aliphatic heterocycles. The maximum Gasteiger partial charge on any atom is 0.160 e. The minimum Gasteiger partial charge on any atom is -0.380 e. The first kappa shape index (κ1) is 18.8. The van der Waals surface area contributed by atoms with Crippen molar-refractivity contribution in [2.45, 2.75) is 89.6 Å². The molecule has 2 unspecified atom stereocenters. The van der Waals surface area contributed by atoms with Crippen molar-refractivity contribution in [3.8, 4) is 0 Å². The van der Waals surface area contributed by atoms with E-state index in [1.165, 1.54) is 77.3 Å². The second kappa shape index (κ2) is 7.27. The summed E-state index contributed by atoms with van der Waals surface area (Å²) in [5.74, 6) is 1.50. The monoisotopic (exact) mass is 377 g/mol. The second-order valence-corrected chi connectivity index (χ2v) is 10.6. The van der Waals surface area contributed by atoms with Crippen molar-refractivity contribution < 1.29 is 14.2 Å². The molecule has 0 radical (unpaired) electrons. The van der Waals surface area contributed by atoms with Gasteiger partial charge in [0.05, 0.1) is 18.8 Å². The van der Waals surface area contributed by atoms with Gasteiger partial charge in [0.25, 0.3) is 0 Å². The predicted octanol–water partition coefficient (Wildman–Crippen LogP) is 4.23. The standard InChI is InChI=1S/C23H39NO3/c1-22(10-5-12-24-13-9-18(15-24)25-2)11-8-20-23(14-19(22)23)16-26-21(27-20)17-6-3-4-7-17/h17-21H,3-16H2,1-2H3/t18?,19?,20-,21-,22-,23+/m1/s1. The van der Waals surface area contributed by atoms with Gasteiger partial charge in [-0.3, -0.25) is 0 Å². The van der Waals surface area contributed by atoms with Crippen molar-refractivity contribution in [1.29, 1.82) is 0 Å². The summed E-state index contributed by atoms with van der Waals surface area (Å²) in [5.41, 5.74) is 0.876. The molecule has 0 amide bonds. The van der Waals surface area contributed by atoms with E-state index in [0.29, 0.717) is 29.0 Å². The molecule has 3 saturated carbocycles. The number of hydrogen-bond acceptors (Lipinski definition) is 4. The smallest absolute Gasteiger partial charge is 0.160 e. The Morgan fingerprint density at radius 1 is 1.15 bits per heavy atom. The molecule has 5 rings (SSSR count). The lowest BCUT2D eigenvalue weighted by Crippen LogP contribution is -2.49. The van der Waals surface area contributed by atoms with E-state index in [9.17, 15) is 0 Å². The van der Waals surface area contributed by atoms with Crippen molar-refractivity contribution >= 4 is 0 Å². The molecule has 1 spiro atoms. The van der Waals surface area contributed by atoms with Crippen molar-refractivity contribution in [3.05, 3.63) is 0 Å². The Bertz CT molecular complexity index is 536. The normalized spacial score (nSPS) is 47.8. The number of likely N-dealkylation sites (tertiary alicyclic amines) is 1. The minimum absolute atomic E-state index is 0.109. The highest BCUT2D eigenvalue weighted by Crippen LogP contribution is 2.71. The molecule has 0 aromatic rings. The fourth-order valence-corrected chi connectivity index (χ4v) is 7.11. The van der Waals surface area contributed by atoms with Crippen molar-refractivity contribution in [2.24, 2.45) is 22.7 Å². The third-order valence-corrected chi connectivity index (χ3v) is 8.96. The fourth-order valence-electron chi connectivity index (χ4n) is 7.11. The van der Waals surface area contributed by atoms with Crippen LogP contribution in [0.25, 0.3) is 0 Å². The molecule has 0 aromatic carbocycles. The highest BCUT2D eigenvalue weighted by atomic mass is 16.7. The first-order chi connectivity index (χ1) is 13.1. The molecule has 0 N–H and O–H groups in total. The number of ether oxygens (including phenoxy) is 3. The third kappa shape index (κ3) is 3.39.